The molecule has 0 N–H and O–H groups in total. The second-order valence-electron chi connectivity index (χ2n) is 7.30. The Kier molecular flexibility index (Phi) is 6.13. The number of ether oxygens (including phenoxy) is 2. The molecule has 0 unspecified atom stereocenters. The van der Waals surface area contributed by atoms with Crippen molar-refractivity contribution >= 4 is 21.8 Å². The molecule has 158 valence electrons. The summed E-state index contributed by atoms with van der Waals surface area (Å²) in [6, 6.07) is 9.32. The molecule has 0 radical (unpaired) electrons. The highest BCUT2D eigenvalue weighted by atomic mass is 79.9. The lowest BCUT2D eigenvalue weighted by molar-refractivity contribution is 0.0677. The molecule has 0 saturated carbocycles. The van der Waals surface area contributed by atoms with Gasteiger partial charge in [0.1, 0.15) is 17.3 Å². The van der Waals surface area contributed by atoms with E-state index in [1.54, 1.807) is 26.4 Å². The van der Waals surface area contributed by atoms with E-state index < -0.39 is 0 Å². The van der Waals surface area contributed by atoms with Crippen LogP contribution in [0.2, 0.25) is 0 Å². The quantitative estimate of drug-likeness (QED) is 0.532. The lowest BCUT2D eigenvalue weighted by atomic mass is 9.95. The number of furan rings is 1. The molecule has 1 aliphatic heterocycles. The molecule has 1 saturated heterocycles. The Morgan fingerprint density at radius 3 is 2.47 bits per heavy atom. The summed E-state index contributed by atoms with van der Waals surface area (Å²) >= 11 is 3.25. The predicted octanol–water partition coefficient (Wildman–Crippen LogP) is 4.32. The molecule has 1 amide bonds. The molecule has 4 rings (SSSR count). The van der Waals surface area contributed by atoms with E-state index in [-0.39, 0.29) is 5.91 Å². The van der Waals surface area contributed by atoms with Crippen LogP contribution in [0, 0.1) is 0 Å². The summed E-state index contributed by atoms with van der Waals surface area (Å²) < 4.78 is 18.9. The largest absolute Gasteiger partial charge is 0.497 e. The molecule has 2 aromatic heterocycles. The number of nitrogens with zero attached hydrogens (tertiary/aromatic N) is 3. The van der Waals surface area contributed by atoms with Crippen molar-refractivity contribution in [1.29, 1.82) is 0 Å². The molecular weight excluding hydrogens is 450 g/mol. The molecule has 7 nitrogen and oxygen atoms in total. The van der Waals surface area contributed by atoms with Crippen LogP contribution in [0.3, 0.4) is 0 Å². The zero-order chi connectivity index (χ0) is 21.1. The zero-order valence-corrected chi connectivity index (χ0v) is 18.6. The number of imidazole rings is 1. The average Bonchev–Trinajstić information content (AvgIpc) is 3.42. The van der Waals surface area contributed by atoms with Gasteiger partial charge in [-0.2, -0.15) is 0 Å². The highest BCUT2D eigenvalue weighted by Gasteiger charge is 2.28. The van der Waals surface area contributed by atoms with E-state index in [0.717, 1.165) is 35.7 Å². The van der Waals surface area contributed by atoms with Crippen LogP contribution in [0.15, 0.2) is 51.8 Å². The van der Waals surface area contributed by atoms with Crippen molar-refractivity contribution in [2.45, 2.75) is 25.3 Å². The lowest BCUT2D eigenvalue weighted by Gasteiger charge is -2.31. The van der Waals surface area contributed by atoms with E-state index in [1.807, 2.05) is 35.5 Å². The van der Waals surface area contributed by atoms with Gasteiger partial charge in [-0.1, -0.05) is 0 Å². The maximum Gasteiger partial charge on any atom is 0.289 e. The van der Waals surface area contributed by atoms with Crippen molar-refractivity contribution in [2.75, 3.05) is 27.3 Å². The minimum atomic E-state index is -0.0639. The average molecular weight is 474 g/mol. The van der Waals surface area contributed by atoms with Gasteiger partial charge in [0, 0.05) is 44.0 Å². The Morgan fingerprint density at radius 2 is 1.87 bits per heavy atom. The van der Waals surface area contributed by atoms with Gasteiger partial charge in [-0.25, -0.2) is 4.98 Å². The van der Waals surface area contributed by atoms with Gasteiger partial charge in [-0.15, -0.1) is 0 Å². The number of halogens is 1. The van der Waals surface area contributed by atoms with Gasteiger partial charge in [0.15, 0.2) is 10.4 Å². The summed E-state index contributed by atoms with van der Waals surface area (Å²) in [5.41, 5.74) is 1.08. The van der Waals surface area contributed by atoms with Gasteiger partial charge >= 0.3 is 0 Å². The number of aromatic nitrogens is 2. The number of likely N-dealkylation sites (tertiary alicyclic amines) is 1. The van der Waals surface area contributed by atoms with Gasteiger partial charge in [0.2, 0.25) is 0 Å². The summed E-state index contributed by atoms with van der Waals surface area (Å²) in [7, 11) is 3.30. The number of rotatable bonds is 6. The van der Waals surface area contributed by atoms with Crippen LogP contribution < -0.4 is 9.47 Å². The summed E-state index contributed by atoms with van der Waals surface area (Å²) in [6.07, 6.45) is 5.57. The van der Waals surface area contributed by atoms with Crippen LogP contribution in [-0.2, 0) is 6.54 Å². The first-order valence-electron chi connectivity index (χ1n) is 9.85. The number of piperidine rings is 1. The van der Waals surface area contributed by atoms with Crippen molar-refractivity contribution in [3.8, 4) is 11.5 Å². The number of carbonyl (C=O) groups is 1. The Bertz CT molecular complexity index is 999. The Balaban J connectivity index is 1.44. The van der Waals surface area contributed by atoms with E-state index in [0.29, 0.717) is 36.0 Å². The third-order valence-corrected chi connectivity index (χ3v) is 5.87. The monoisotopic (exact) mass is 473 g/mol. The number of carbonyl (C=O) groups excluding carboxylic acids is 1. The molecule has 3 heterocycles. The molecule has 1 aromatic carbocycles. The number of hydrogen-bond donors (Lipinski definition) is 0. The van der Waals surface area contributed by atoms with Crippen LogP contribution in [0.1, 0.15) is 40.7 Å². The SMILES string of the molecule is COc1cc(Cn2ccnc2C2CCN(C(=O)c3ccc(Br)o3)CC2)cc(OC)c1. The van der Waals surface area contributed by atoms with Crippen molar-refractivity contribution in [3.63, 3.8) is 0 Å². The number of methoxy groups -OCH3 is 2. The summed E-state index contributed by atoms with van der Waals surface area (Å²) in [6.45, 7) is 2.05. The standard InChI is InChI=1S/C22H24BrN3O4/c1-28-17-11-15(12-18(13-17)29-2)14-26-10-7-24-21(26)16-5-8-25(9-6-16)22(27)19-3-4-20(23)30-19/h3-4,7,10-13,16H,5-6,8-9,14H2,1-2H3. The first-order valence-corrected chi connectivity index (χ1v) is 10.6. The van der Waals surface area contributed by atoms with Gasteiger partial charge in [-0.05, 0) is 58.6 Å². The van der Waals surface area contributed by atoms with Crippen molar-refractivity contribution in [2.24, 2.45) is 0 Å². The van der Waals surface area contributed by atoms with Crippen LogP contribution in [-0.4, -0.2) is 47.7 Å². The Labute approximate surface area is 183 Å². The molecule has 0 bridgehead atoms. The first kappa shape index (κ1) is 20.5. The molecule has 0 atom stereocenters. The van der Waals surface area contributed by atoms with Gasteiger partial charge < -0.3 is 23.4 Å². The molecular formula is C22H24BrN3O4. The second kappa shape index (κ2) is 8.95. The number of hydrogen-bond acceptors (Lipinski definition) is 5. The summed E-state index contributed by atoms with van der Waals surface area (Å²) in [5.74, 6) is 3.19. The van der Waals surface area contributed by atoms with E-state index in [2.05, 4.69) is 25.5 Å². The fourth-order valence-electron chi connectivity index (χ4n) is 3.89. The van der Waals surface area contributed by atoms with Gasteiger partial charge in [-0.3, -0.25) is 4.79 Å². The third-order valence-electron chi connectivity index (χ3n) is 5.44. The molecule has 1 aliphatic rings. The fourth-order valence-corrected chi connectivity index (χ4v) is 4.20. The Hall–Kier alpha value is -2.74. The third kappa shape index (κ3) is 4.38. The van der Waals surface area contributed by atoms with Gasteiger partial charge in [0.25, 0.3) is 5.91 Å². The topological polar surface area (TPSA) is 69.7 Å². The van der Waals surface area contributed by atoms with Crippen molar-refractivity contribution < 1.29 is 18.7 Å². The zero-order valence-electron chi connectivity index (χ0n) is 17.0. The van der Waals surface area contributed by atoms with Crippen molar-refractivity contribution in [1.82, 2.24) is 14.5 Å². The maximum absolute atomic E-state index is 12.6. The highest BCUT2D eigenvalue weighted by molar-refractivity contribution is 9.10. The fraction of sp³-hybridized carbons (Fsp3) is 0.364. The molecule has 0 aliphatic carbocycles. The minimum Gasteiger partial charge on any atom is -0.497 e. The van der Waals surface area contributed by atoms with Crippen molar-refractivity contribution in [3.05, 3.63) is 64.5 Å². The van der Waals surface area contributed by atoms with E-state index in [9.17, 15) is 4.79 Å². The molecule has 3 aromatic rings. The normalized spacial score (nSPS) is 14.7. The lowest BCUT2D eigenvalue weighted by Crippen LogP contribution is -2.38. The minimum absolute atomic E-state index is 0.0639. The van der Waals surface area contributed by atoms with E-state index in [1.165, 1.54) is 0 Å². The van der Waals surface area contributed by atoms with Crippen LogP contribution in [0.4, 0.5) is 0 Å². The Morgan fingerprint density at radius 1 is 1.17 bits per heavy atom. The predicted molar refractivity (Wildman–Crippen MR) is 115 cm³/mol. The summed E-state index contributed by atoms with van der Waals surface area (Å²) in [4.78, 5) is 19.1. The highest BCUT2D eigenvalue weighted by Crippen LogP contribution is 2.29. The molecule has 0 spiro atoms. The molecule has 1 fully saturated rings. The number of benzene rings is 1. The van der Waals surface area contributed by atoms with Crippen LogP contribution >= 0.6 is 15.9 Å². The number of amides is 1. The second-order valence-corrected chi connectivity index (χ2v) is 8.09. The van der Waals surface area contributed by atoms with Gasteiger partial charge in [0.05, 0.1) is 14.2 Å². The van der Waals surface area contributed by atoms with Crippen LogP contribution in [0.25, 0.3) is 0 Å². The smallest absolute Gasteiger partial charge is 0.289 e. The summed E-state index contributed by atoms with van der Waals surface area (Å²) in [5, 5.41) is 0. The van der Waals surface area contributed by atoms with Crippen LogP contribution in [0.5, 0.6) is 11.5 Å². The van der Waals surface area contributed by atoms with E-state index in [4.69, 9.17) is 13.9 Å². The maximum atomic E-state index is 12.6. The molecule has 30 heavy (non-hydrogen) atoms. The molecule has 8 heteroatoms. The van der Waals surface area contributed by atoms with E-state index >= 15 is 0 Å². The first-order chi connectivity index (χ1) is 14.6.